The molecule has 1 saturated carbocycles. The fraction of sp³-hybridized carbons (Fsp3) is 0.364. The summed E-state index contributed by atoms with van der Waals surface area (Å²) in [5.74, 6) is 0. The minimum absolute atomic E-state index is 0.166. The van der Waals surface area contributed by atoms with Gasteiger partial charge in [-0.05, 0) is 30.5 Å². The topological polar surface area (TPSA) is 23.8 Å². The molecule has 0 spiro atoms. The molecular formula is C11H10ClN. The molecule has 2 heteroatoms. The molecule has 0 atom stereocenters. The van der Waals surface area contributed by atoms with Crippen molar-refractivity contribution in [3.05, 3.63) is 34.9 Å². The van der Waals surface area contributed by atoms with Crippen LogP contribution in [0.25, 0.3) is 0 Å². The van der Waals surface area contributed by atoms with E-state index in [1.54, 1.807) is 0 Å². The van der Waals surface area contributed by atoms with Crippen LogP contribution in [0.2, 0.25) is 5.02 Å². The van der Waals surface area contributed by atoms with Crippen LogP contribution in [0.1, 0.15) is 24.8 Å². The number of nitrogens with zero attached hydrogens (tertiary/aromatic N) is 1. The summed E-state index contributed by atoms with van der Waals surface area (Å²) in [6.07, 6.45) is 2.92. The standard InChI is InChI=1S/C11H10ClN/c12-10-3-1-9(2-4-10)11(5-6-11)7-8-13/h1-4H,5-7H2. The molecule has 0 N–H and O–H groups in total. The van der Waals surface area contributed by atoms with E-state index in [0.29, 0.717) is 6.42 Å². The van der Waals surface area contributed by atoms with Crippen LogP contribution in [0, 0.1) is 11.3 Å². The molecule has 66 valence electrons. The molecule has 0 bridgehead atoms. The van der Waals surface area contributed by atoms with Gasteiger partial charge in [-0.25, -0.2) is 0 Å². The molecule has 0 unspecified atom stereocenters. The van der Waals surface area contributed by atoms with Crippen LogP contribution < -0.4 is 0 Å². The van der Waals surface area contributed by atoms with Crippen LogP contribution in [0.5, 0.6) is 0 Å². The highest BCUT2D eigenvalue weighted by atomic mass is 35.5. The summed E-state index contributed by atoms with van der Waals surface area (Å²) in [5.41, 5.74) is 1.43. The van der Waals surface area contributed by atoms with Gasteiger partial charge < -0.3 is 0 Å². The lowest BCUT2D eigenvalue weighted by Crippen LogP contribution is -2.04. The zero-order chi connectivity index (χ0) is 9.31. The highest BCUT2D eigenvalue weighted by molar-refractivity contribution is 6.30. The normalized spacial score (nSPS) is 17.8. The minimum Gasteiger partial charge on any atom is -0.198 e. The van der Waals surface area contributed by atoms with E-state index in [2.05, 4.69) is 6.07 Å². The van der Waals surface area contributed by atoms with Gasteiger partial charge in [0.1, 0.15) is 0 Å². The van der Waals surface area contributed by atoms with Crippen molar-refractivity contribution in [3.63, 3.8) is 0 Å². The van der Waals surface area contributed by atoms with Gasteiger partial charge in [-0.2, -0.15) is 5.26 Å². The molecule has 0 radical (unpaired) electrons. The van der Waals surface area contributed by atoms with Gasteiger partial charge >= 0.3 is 0 Å². The van der Waals surface area contributed by atoms with E-state index in [4.69, 9.17) is 16.9 Å². The molecule has 0 heterocycles. The Balaban J connectivity index is 2.26. The van der Waals surface area contributed by atoms with E-state index < -0.39 is 0 Å². The number of benzene rings is 1. The fourth-order valence-electron chi connectivity index (χ4n) is 1.67. The maximum absolute atomic E-state index is 8.68. The molecule has 1 aliphatic rings. The molecule has 2 rings (SSSR count). The third kappa shape index (κ3) is 1.55. The molecule has 0 aliphatic heterocycles. The van der Waals surface area contributed by atoms with Gasteiger partial charge in [0.2, 0.25) is 0 Å². The number of halogens is 1. The van der Waals surface area contributed by atoms with E-state index in [0.717, 1.165) is 17.9 Å². The fourth-order valence-corrected chi connectivity index (χ4v) is 1.80. The van der Waals surface area contributed by atoms with Crippen molar-refractivity contribution in [2.45, 2.75) is 24.7 Å². The molecule has 0 amide bonds. The monoisotopic (exact) mass is 191 g/mol. The van der Waals surface area contributed by atoms with Crippen LogP contribution in [0.3, 0.4) is 0 Å². The Labute approximate surface area is 82.9 Å². The quantitative estimate of drug-likeness (QED) is 0.704. The van der Waals surface area contributed by atoms with E-state index in [1.807, 2.05) is 24.3 Å². The summed E-state index contributed by atoms with van der Waals surface area (Å²) in [4.78, 5) is 0. The van der Waals surface area contributed by atoms with Crippen LogP contribution >= 0.6 is 11.6 Å². The molecule has 1 fully saturated rings. The highest BCUT2D eigenvalue weighted by Crippen LogP contribution is 2.50. The van der Waals surface area contributed by atoms with Gasteiger partial charge in [0.05, 0.1) is 6.07 Å². The maximum atomic E-state index is 8.68. The summed E-state index contributed by atoms with van der Waals surface area (Å²) in [5, 5.41) is 9.44. The largest absolute Gasteiger partial charge is 0.198 e. The summed E-state index contributed by atoms with van der Waals surface area (Å²) < 4.78 is 0. The minimum atomic E-state index is 0.166. The first kappa shape index (κ1) is 8.59. The first-order valence-corrected chi connectivity index (χ1v) is 4.78. The summed E-state index contributed by atoms with van der Waals surface area (Å²) in [7, 11) is 0. The second-order valence-electron chi connectivity index (χ2n) is 3.62. The third-order valence-electron chi connectivity index (χ3n) is 2.73. The third-order valence-corrected chi connectivity index (χ3v) is 2.98. The lowest BCUT2D eigenvalue weighted by Gasteiger charge is -2.10. The molecule has 13 heavy (non-hydrogen) atoms. The van der Waals surface area contributed by atoms with Crippen molar-refractivity contribution in [3.8, 4) is 6.07 Å². The Kier molecular flexibility index (Phi) is 2.01. The summed E-state index contributed by atoms with van der Waals surface area (Å²) in [6, 6.07) is 10.1. The Morgan fingerprint density at radius 1 is 1.31 bits per heavy atom. The number of hydrogen-bond acceptors (Lipinski definition) is 1. The van der Waals surface area contributed by atoms with Crippen LogP contribution in [0.15, 0.2) is 24.3 Å². The molecule has 0 aromatic heterocycles. The number of hydrogen-bond donors (Lipinski definition) is 0. The molecule has 1 aliphatic carbocycles. The maximum Gasteiger partial charge on any atom is 0.0631 e. The predicted octanol–water partition coefficient (Wildman–Crippen LogP) is 3.29. The summed E-state index contributed by atoms with van der Waals surface area (Å²) in [6.45, 7) is 0. The molecule has 1 aromatic rings. The predicted molar refractivity (Wildman–Crippen MR) is 52.6 cm³/mol. The zero-order valence-electron chi connectivity index (χ0n) is 7.26. The van der Waals surface area contributed by atoms with Gasteiger partial charge in [-0.15, -0.1) is 0 Å². The van der Waals surface area contributed by atoms with E-state index in [-0.39, 0.29) is 5.41 Å². The van der Waals surface area contributed by atoms with Gasteiger partial charge in [-0.3, -0.25) is 0 Å². The summed E-state index contributed by atoms with van der Waals surface area (Å²) >= 11 is 5.79. The van der Waals surface area contributed by atoms with Crippen LogP contribution in [0.4, 0.5) is 0 Å². The average Bonchev–Trinajstić information content (AvgIpc) is 2.87. The Morgan fingerprint density at radius 3 is 2.38 bits per heavy atom. The first-order chi connectivity index (χ1) is 6.27. The Morgan fingerprint density at radius 2 is 1.92 bits per heavy atom. The van der Waals surface area contributed by atoms with Crippen LogP contribution in [-0.2, 0) is 5.41 Å². The van der Waals surface area contributed by atoms with Crippen molar-refractivity contribution in [2.24, 2.45) is 0 Å². The first-order valence-electron chi connectivity index (χ1n) is 4.40. The second kappa shape index (κ2) is 3.05. The smallest absolute Gasteiger partial charge is 0.0631 e. The number of rotatable bonds is 2. The highest BCUT2D eigenvalue weighted by Gasteiger charge is 2.43. The molecular weight excluding hydrogens is 182 g/mol. The number of nitriles is 1. The van der Waals surface area contributed by atoms with Gasteiger partial charge in [0.25, 0.3) is 0 Å². The van der Waals surface area contributed by atoms with Gasteiger partial charge in [0, 0.05) is 16.9 Å². The van der Waals surface area contributed by atoms with Gasteiger partial charge in [0.15, 0.2) is 0 Å². The average molecular weight is 192 g/mol. The SMILES string of the molecule is N#CCC1(c2ccc(Cl)cc2)CC1. The van der Waals surface area contributed by atoms with E-state index in [1.165, 1.54) is 5.56 Å². The molecule has 1 aromatic carbocycles. The zero-order valence-corrected chi connectivity index (χ0v) is 8.01. The van der Waals surface area contributed by atoms with E-state index >= 15 is 0 Å². The lowest BCUT2D eigenvalue weighted by molar-refractivity contribution is 0.715. The second-order valence-corrected chi connectivity index (χ2v) is 4.06. The van der Waals surface area contributed by atoms with Crippen molar-refractivity contribution in [1.29, 1.82) is 5.26 Å². The van der Waals surface area contributed by atoms with E-state index in [9.17, 15) is 0 Å². The Bertz CT molecular complexity index is 343. The molecule has 1 nitrogen and oxygen atoms in total. The van der Waals surface area contributed by atoms with Crippen molar-refractivity contribution >= 4 is 11.6 Å². The lowest BCUT2D eigenvalue weighted by atomic mass is 9.93. The van der Waals surface area contributed by atoms with Gasteiger partial charge in [-0.1, -0.05) is 23.7 Å². The van der Waals surface area contributed by atoms with Crippen molar-refractivity contribution in [1.82, 2.24) is 0 Å². The van der Waals surface area contributed by atoms with Crippen molar-refractivity contribution in [2.75, 3.05) is 0 Å². The molecule has 0 saturated heterocycles. The van der Waals surface area contributed by atoms with Crippen LogP contribution in [-0.4, -0.2) is 0 Å². The Hall–Kier alpha value is -1.00. The van der Waals surface area contributed by atoms with Crippen molar-refractivity contribution < 1.29 is 0 Å².